The normalized spacial score (nSPS) is 13.4. The maximum Gasteiger partial charge on any atom is 0.357 e. The molecule has 2 heterocycles. The summed E-state index contributed by atoms with van der Waals surface area (Å²) in [4.78, 5) is 26.5. The number of pyridine rings is 1. The Morgan fingerprint density at radius 1 is 1.56 bits per heavy atom. The van der Waals surface area contributed by atoms with Gasteiger partial charge in [-0.25, -0.2) is 9.78 Å². The van der Waals surface area contributed by atoms with Crippen molar-refractivity contribution < 1.29 is 14.3 Å². The van der Waals surface area contributed by atoms with E-state index in [9.17, 15) is 9.59 Å². The van der Waals surface area contributed by atoms with Gasteiger partial charge in [-0.2, -0.15) is 0 Å². The van der Waals surface area contributed by atoms with Crippen LogP contribution < -0.4 is 10.6 Å². The summed E-state index contributed by atoms with van der Waals surface area (Å²) in [6.45, 7) is 2.20. The molecule has 0 saturated heterocycles. The van der Waals surface area contributed by atoms with Gasteiger partial charge in [-0.15, -0.1) is 0 Å². The fraction of sp³-hybridized carbons (Fsp3) is 0.300. The summed E-state index contributed by atoms with van der Waals surface area (Å²) >= 11 is 0. The predicted molar refractivity (Wildman–Crippen MR) is 57.3 cm³/mol. The Morgan fingerprint density at radius 3 is 3.12 bits per heavy atom. The number of hydrogen-bond donors (Lipinski definition) is 2. The van der Waals surface area contributed by atoms with Crippen LogP contribution in [0.25, 0.3) is 0 Å². The molecule has 1 amide bonds. The number of anilines is 2. The Morgan fingerprint density at radius 2 is 2.38 bits per heavy atom. The van der Waals surface area contributed by atoms with Crippen molar-refractivity contribution in [2.24, 2.45) is 0 Å². The molecule has 0 saturated carbocycles. The number of nitrogens with zero attached hydrogens (tertiary/aromatic N) is 1. The van der Waals surface area contributed by atoms with Crippen LogP contribution in [0.3, 0.4) is 0 Å². The highest BCUT2D eigenvalue weighted by atomic mass is 16.5. The van der Waals surface area contributed by atoms with Gasteiger partial charge >= 0.3 is 5.97 Å². The lowest BCUT2D eigenvalue weighted by molar-refractivity contribution is -0.114. The van der Waals surface area contributed by atoms with Crippen molar-refractivity contribution in [3.63, 3.8) is 0 Å². The van der Waals surface area contributed by atoms with Crippen LogP contribution in [0.2, 0.25) is 0 Å². The Kier molecular flexibility index (Phi) is 2.72. The van der Waals surface area contributed by atoms with Crippen LogP contribution in [-0.2, 0) is 9.53 Å². The van der Waals surface area contributed by atoms with Crippen LogP contribution >= 0.6 is 0 Å². The van der Waals surface area contributed by atoms with E-state index in [2.05, 4.69) is 15.6 Å². The first-order valence-corrected chi connectivity index (χ1v) is 4.92. The van der Waals surface area contributed by atoms with Gasteiger partial charge in [0.2, 0.25) is 5.91 Å². The van der Waals surface area contributed by atoms with E-state index in [1.54, 1.807) is 13.0 Å². The summed E-state index contributed by atoms with van der Waals surface area (Å²) in [5, 5.41) is 5.46. The van der Waals surface area contributed by atoms with Crippen molar-refractivity contribution in [3.05, 3.63) is 17.8 Å². The number of hydrogen-bond acceptors (Lipinski definition) is 5. The van der Waals surface area contributed by atoms with Gasteiger partial charge in [0.25, 0.3) is 0 Å². The van der Waals surface area contributed by atoms with Crippen molar-refractivity contribution in [1.82, 2.24) is 4.98 Å². The van der Waals surface area contributed by atoms with Crippen LogP contribution in [-0.4, -0.2) is 30.0 Å². The molecule has 0 aromatic carbocycles. The average Bonchev–Trinajstić information content (AvgIpc) is 2.28. The first-order chi connectivity index (χ1) is 7.70. The lowest BCUT2D eigenvalue weighted by atomic mass is 10.2. The zero-order chi connectivity index (χ0) is 11.5. The topological polar surface area (TPSA) is 80.3 Å². The molecule has 0 unspecified atom stereocenters. The molecule has 84 valence electrons. The molecule has 1 aromatic heterocycles. The molecule has 1 aliphatic heterocycles. The number of carbonyl (C=O) groups is 2. The van der Waals surface area contributed by atoms with Crippen molar-refractivity contribution in [2.45, 2.75) is 6.92 Å². The molecule has 2 rings (SSSR count). The summed E-state index contributed by atoms with van der Waals surface area (Å²) in [5.41, 5.74) is 0.800. The van der Waals surface area contributed by atoms with E-state index in [0.29, 0.717) is 18.1 Å². The first kappa shape index (κ1) is 10.4. The number of ether oxygens (including phenoxy) is 1. The summed E-state index contributed by atoms with van der Waals surface area (Å²) in [6.07, 6.45) is 0. The maximum atomic E-state index is 11.4. The minimum atomic E-state index is -0.469. The predicted octanol–water partition coefficient (Wildman–Crippen LogP) is 0.622. The minimum Gasteiger partial charge on any atom is -0.461 e. The zero-order valence-electron chi connectivity index (χ0n) is 8.74. The third-order valence-electron chi connectivity index (χ3n) is 2.07. The minimum absolute atomic E-state index is 0.127. The second-order valence-electron chi connectivity index (χ2n) is 3.21. The summed E-state index contributed by atoms with van der Waals surface area (Å²) in [7, 11) is 0. The van der Waals surface area contributed by atoms with E-state index in [1.807, 2.05) is 0 Å². The highest BCUT2D eigenvalue weighted by molar-refractivity contribution is 6.00. The molecule has 0 aliphatic carbocycles. The van der Waals surface area contributed by atoms with Crippen molar-refractivity contribution in [3.8, 4) is 0 Å². The van der Waals surface area contributed by atoms with Gasteiger partial charge in [0.05, 0.1) is 18.8 Å². The Balaban J connectivity index is 2.26. The molecule has 0 bridgehead atoms. The molecular formula is C10H11N3O3. The van der Waals surface area contributed by atoms with E-state index in [1.165, 1.54) is 6.07 Å². The second-order valence-corrected chi connectivity index (χ2v) is 3.21. The van der Waals surface area contributed by atoms with Gasteiger partial charge in [-0.3, -0.25) is 4.79 Å². The molecule has 0 atom stereocenters. The zero-order valence-corrected chi connectivity index (χ0v) is 8.74. The number of amides is 1. The third-order valence-corrected chi connectivity index (χ3v) is 2.07. The number of nitrogens with one attached hydrogen (secondary N) is 2. The highest BCUT2D eigenvalue weighted by Gasteiger charge is 2.17. The lowest BCUT2D eigenvalue weighted by Gasteiger charge is -2.17. The molecule has 1 aliphatic rings. The van der Waals surface area contributed by atoms with E-state index in [4.69, 9.17) is 4.74 Å². The van der Waals surface area contributed by atoms with Crippen LogP contribution in [0.15, 0.2) is 12.1 Å². The molecule has 1 aromatic rings. The van der Waals surface area contributed by atoms with Gasteiger partial charge in [0, 0.05) is 0 Å². The summed E-state index contributed by atoms with van der Waals surface area (Å²) in [5.74, 6) is -0.104. The summed E-state index contributed by atoms with van der Waals surface area (Å²) < 4.78 is 4.82. The van der Waals surface area contributed by atoms with Gasteiger partial charge < -0.3 is 15.4 Å². The molecule has 6 heteroatoms. The van der Waals surface area contributed by atoms with Crippen molar-refractivity contribution in [1.29, 1.82) is 0 Å². The number of aromatic nitrogens is 1. The van der Waals surface area contributed by atoms with Crippen LogP contribution in [0, 0.1) is 0 Å². The second kappa shape index (κ2) is 4.18. The van der Waals surface area contributed by atoms with Gasteiger partial charge in [-0.05, 0) is 19.1 Å². The number of rotatable bonds is 2. The molecule has 6 nitrogen and oxygen atoms in total. The summed E-state index contributed by atoms with van der Waals surface area (Å²) in [6, 6.07) is 3.14. The molecule has 0 fully saturated rings. The van der Waals surface area contributed by atoms with Crippen LogP contribution in [0.4, 0.5) is 11.5 Å². The highest BCUT2D eigenvalue weighted by Crippen LogP contribution is 2.22. The standard InChI is InChI=1S/C10H11N3O3/c1-2-16-10(15)7-4-3-6-9(13-7)11-5-8(14)12-6/h3-4H,2,5H2,1H3,(H,11,13)(H,12,14). The molecule has 0 spiro atoms. The van der Waals surface area contributed by atoms with Crippen LogP contribution in [0.5, 0.6) is 0 Å². The van der Waals surface area contributed by atoms with Gasteiger partial charge in [0.15, 0.2) is 11.5 Å². The quantitative estimate of drug-likeness (QED) is 0.716. The molecular weight excluding hydrogens is 210 g/mol. The molecule has 2 N–H and O–H groups in total. The largest absolute Gasteiger partial charge is 0.461 e. The SMILES string of the molecule is CCOC(=O)c1ccc2c(n1)NCC(=O)N2. The fourth-order valence-corrected chi connectivity index (χ4v) is 1.37. The van der Waals surface area contributed by atoms with Crippen molar-refractivity contribution >= 4 is 23.4 Å². The average molecular weight is 221 g/mol. The molecule has 0 radical (unpaired) electrons. The van der Waals surface area contributed by atoms with E-state index in [-0.39, 0.29) is 18.1 Å². The van der Waals surface area contributed by atoms with Gasteiger partial charge in [-0.1, -0.05) is 0 Å². The van der Waals surface area contributed by atoms with E-state index >= 15 is 0 Å². The van der Waals surface area contributed by atoms with E-state index < -0.39 is 5.97 Å². The number of esters is 1. The van der Waals surface area contributed by atoms with Crippen molar-refractivity contribution in [2.75, 3.05) is 23.8 Å². The molecule has 16 heavy (non-hydrogen) atoms. The van der Waals surface area contributed by atoms with Gasteiger partial charge in [0.1, 0.15) is 0 Å². The smallest absolute Gasteiger partial charge is 0.357 e. The Labute approximate surface area is 92.0 Å². The van der Waals surface area contributed by atoms with Crippen LogP contribution in [0.1, 0.15) is 17.4 Å². The number of fused-ring (bicyclic) bond motifs is 1. The van der Waals surface area contributed by atoms with E-state index in [0.717, 1.165) is 0 Å². The maximum absolute atomic E-state index is 11.4. The fourth-order valence-electron chi connectivity index (χ4n) is 1.37. The lowest BCUT2D eigenvalue weighted by Crippen LogP contribution is -2.28. The Hall–Kier alpha value is -2.11. The monoisotopic (exact) mass is 221 g/mol. The first-order valence-electron chi connectivity index (χ1n) is 4.92. The third kappa shape index (κ3) is 1.95. The number of carbonyl (C=O) groups excluding carboxylic acids is 2. The Bertz CT molecular complexity index is 445.